The van der Waals surface area contributed by atoms with Crippen LogP contribution in [-0.2, 0) is 0 Å². The molecule has 0 amide bonds. The Morgan fingerprint density at radius 1 is 1.15 bits per heavy atom. The summed E-state index contributed by atoms with van der Waals surface area (Å²) in [4.78, 5) is 27.3. The van der Waals surface area contributed by atoms with Crippen LogP contribution >= 0.6 is 0 Å². The van der Waals surface area contributed by atoms with E-state index >= 15 is 0 Å². The molecule has 0 atom stereocenters. The van der Waals surface area contributed by atoms with Gasteiger partial charge in [-0.15, -0.1) is 0 Å². The van der Waals surface area contributed by atoms with Gasteiger partial charge in [-0.1, -0.05) is 6.07 Å². The molecular formula is C17H10F3N3O3. The van der Waals surface area contributed by atoms with Crippen molar-refractivity contribution in [2.75, 3.05) is 0 Å². The summed E-state index contributed by atoms with van der Waals surface area (Å²) in [6.07, 6.45) is -1.66. The third-order valence-electron chi connectivity index (χ3n) is 3.50. The lowest BCUT2D eigenvalue weighted by atomic mass is 10.1. The Bertz CT molecular complexity index is 1030. The normalized spacial score (nSPS) is 10.9. The standard InChI is InChI=1S/C17H10F3N3O3/c18-10-2-1-3-11(6-10)23-16(24)12(17(25)26)7-14(22-23)9-4-5-13(15(19)20)21-8-9/h1-8,15H,(H,25,26). The third-order valence-corrected chi connectivity index (χ3v) is 3.50. The second-order valence-electron chi connectivity index (χ2n) is 5.22. The quantitative estimate of drug-likeness (QED) is 0.772. The molecule has 3 rings (SSSR count). The van der Waals surface area contributed by atoms with Gasteiger partial charge in [0.05, 0.1) is 11.4 Å². The molecule has 0 fully saturated rings. The Morgan fingerprint density at radius 3 is 2.50 bits per heavy atom. The molecule has 0 radical (unpaired) electrons. The first kappa shape index (κ1) is 17.3. The van der Waals surface area contributed by atoms with E-state index in [1.807, 2.05) is 0 Å². The fraction of sp³-hybridized carbons (Fsp3) is 0.0588. The van der Waals surface area contributed by atoms with Crippen molar-refractivity contribution in [3.05, 3.63) is 76.1 Å². The maximum Gasteiger partial charge on any atom is 0.341 e. The number of aromatic nitrogens is 3. The number of carbonyl (C=O) groups is 1. The van der Waals surface area contributed by atoms with Crippen molar-refractivity contribution in [2.45, 2.75) is 6.43 Å². The average Bonchev–Trinajstić information content (AvgIpc) is 2.61. The highest BCUT2D eigenvalue weighted by molar-refractivity contribution is 5.88. The zero-order valence-electron chi connectivity index (χ0n) is 12.9. The molecule has 1 aromatic carbocycles. The van der Waals surface area contributed by atoms with Crippen LogP contribution in [0.5, 0.6) is 0 Å². The lowest BCUT2D eigenvalue weighted by Gasteiger charge is -2.09. The summed E-state index contributed by atoms with van der Waals surface area (Å²) in [5.41, 5.74) is -1.75. The van der Waals surface area contributed by atoms with E-state index in [2.05, 4.69) is 10.1 Å². The molecule has 9 heteroatoms. The Hall–Kier alpha value is -3.49. The van der Waals surface area contributed by atoms with Gasteiger partial charge in [0.25, 0.3) is 12.0 Å². The minimum atomic E-state index is -2.76. The Balaban J connectivity index is 2.20. The van der Waals surface area contributed by atoms with E-state index in [9.17, 15) is 27.9 Å². The van der Waals surface area contributed by atoms with Gasteiger partial charge in [-0.25, -0.2) is 18.0 Å². The van der Waals surface area contributed by atoms with E-state index < -0.39 is 35.0 Å². The molecule has 3 aromatic rings. The summed E-state index contributed by atoms with van der Waals surface area (Å²) in [5.74, 6) is -2.14. The van der Waals surface area contributed by atoms with Crippen LogP contribution in [0, 0.1) is 5.82 Å². The van der Waals surface area contributed by atoms with Crippen molar-refractivity contribution in [3.63, 3.8) is 0 Å². The lowest BCUT2D eigenvalue weighted by Crippen LogP contribution is -2.27. The highest BCUT2D eigenvalue weighted by Crippen LogP contribution is 2.21. The van der Waals surface area contributed by atoms with Crippen molar-refractivity contribution in [2.24, 2.45) is 0 Å². The van der Waals surface area contributed by atoms with Crippen LogP contribution in [0.25, 0.3) is 16.9 Å². The van der Waals surface area contributed by atoms with Gasteiger partial charge in [0, 0.05) is 11.8 Å². The summed E-state index contributed by atoms with van der Waals surface area (Å²) in [7, 11) is 0. The van der Waals surface area contributed by atoms with Gasteiger partial charge < -0.3 is 5.11 Å². The van der Waals surface area contributed by atoms with E-state index in [0.29, 0.717) is 0 Å². The Kier molecular flexibility index (Phi) is 4.53. The first-order valence-corrected chi connectivity index (χ1v) is 7.25. The van der Waals surface area contributed by atoms with Gasteiger partial charge in [0.15, 0.2) is 0 Å². The zero-order chi connectivity index (χ0) is 18.8. The van der Waals surface area contributed by atoms with E-state index in [1.165, 1.54) is 18.2 Å². The van der Waals surface area contributed by atoms with Crippen molar-refractivity contribution in [1.82, 2.24) is 14.8 Å². The number of rotatable bonds is 4. The number of halogens is 3. The minimum absolute atomic E-state index is 0.0135. The van der Waals surface area contributed by atoms with Crippen molar-refractivity contribution in [3.8, 4) is 16.9 Å². The summed E-state index contributed by atoms with van der Waals surface area (Å²) < 4.78 is 39.4. The second-order valence-corrected chi connectivity index (χ2v) is 5.22. The van der Waals surface area contributed by atoms with E-state index in [-0.39, 0.29) is 16.9 Å². The van der Waals surface area contributed by atoms with Gasteiger partial charge >= 0.3 is 5.97 Å². The smallest absolute Gasteiger partial charge is 0.341 e. The number of hydrogen-bond donors (Lipinski definition) is 1. The van der Waals surface area contributed by atoms with Crippen LogP contribution in [-0.4, -0.2) is 25.8 Å². The van der Waals surface area contributed by atoms with Gasteiger partial charge in [-0.2, -0.15) is 9.78 Å². The Labute approximate surface area is 144 Å². The van der Waals surface area contributed by atoms with E-state index in [0.717, 1.165) is 35.1 Å². The number of alkyl halides is 2. The number of hydrogen-bond acceptors (Lipinski definition) is 4. The number of carboxylic acid groups (broad SMARTS) is 1. The van der Waals surface area contributed by atoms with Gasteiger partial charge in [0.2, 0.25) is 0 Å². The Morgan fingerprint density at radius 2 is 1.92 bits per heavy atom. The molecular weight excluding hydrogens is 351 g/mol. The molecule has 2 aromatic heterocycles. The molecule has 26 heavy (non-hydrogen) atoms. The minimum Gasteiger partial charge on any atom is -0.477 e. The fourth-order valence-corrected chi connectivity index (χ4v) is 2.26. The summed E-state index contributed by atoms with van der Waals surface area (Å²) in [6, 6.07) is 8.25. The van der Waals surface area contributed by atoms with Gasteiger partial charge in [-0.3, -0.25) is 9.78 Å². The lowest BCUT2D eigenvalue weighted by molar-refractivity contribution is 0.0694. The summed E-state index contributed by atoms with van der Waals surface area (Å²) in [5, 5.41) is 13.3. The van der Waals surface area contributed by atoms with E-state index in [1.54, 1.807) is 0 Å². The highest BCUT2D eigenvalue weighted by atomic mass is 19.3. The maximum atomic E-state index is 13.4. The third kappa shape index (κ3) is 3.32. The molecule has 0 unspecified atom stereocenters. The molecule has 0 aliphatic rings. The van der Waals surface area contributed by atoms with Crippen molar-refractivity contribution in [1.29, 1.82) is 0 Å². The molecule has 0 spiro atoms. The number of pyridine rings is 1. The van der Waals surface area contributed by atoms with Crippen LogP contribution in [0.4, 0.5) is 13.2 Å². The van der Waals surface area contributed by atoms with Gasteiger partial charge in [0.1, 0.15) is 17.1 Å². The number of aromatic carboxylic acids is 1. The van der Waals surface area contributed by atoms with Crippen LogP contribution in [0.2, 0.25) is 0 Å². The topological polar surface area (TPSA) is 85.1 Å². The van der Waals surface area contributed by atoms with Crippen molar-refractivity contribution >= 4 is 5.97 Å². The molecule has 0 aliphatic carbocycles. The molecule has 1 N–H and O–H groups in total. The van der Waals surface area contributed by atoms with Crippen LogP contribution < -0.4 is 5.56 Å². The fourth-order valence-electron chi connectivity index (χ4n) is 2.26. The SMILES string of the molecule is O=C(O)c1cc(-c2ccc(C(F)F)nc2)nn(-c2cccc(F)c2)c1=O. The molecule has 2 heterocycles. The summed E-state index contributed by atoms with van der Waals surface area (Å²) in [6.45, 7) is 0. The molecule has 132 valence electrons. The van der Waals surface area contributed by atoms with E-state index in [4.69, 9.17) is 0 Å². The van der Waals surface area contributed by atoms with Gasteiger partial charge in [-0.05, 0) is 36.4 Å². The number of benzene rings is 1. The predicted molar refractivity (Wildman–Crippen MR) is 84.9 cm³/mol. The second kappa shape index (κ2) is 6.79. The highest BCUT2D eigenvalue weighted by Gasteiger charge is 2.17. The predicted octanol–water partition coefficient (Wildman–Crippen LogP) is 3.07. The maximum absolute atomic E-state index is 13.4. The monoisotopic (exact) mass is 361 g/mol. The largest absolute Gasteiger partial charge is 0.477 e. The molecule has 6 nitrogen and oxygen atoms in total. The molecule has 0 aliphatic heterocycles. The zero-order valence-corrected chi connectivity index (χ0v) is 12.9. The molecule has 0 bridgehead atoms. The first-order valence-electron chi connectivity index (χ1n) is 7.25. The van der Waals surface area contributed by atoms with Crippen LogP contribution in [0.1, 0.15) is 22.5 Å². The molecule has 0 saturated heterocycles. The summed E-state index contributed by atoms with van der Waals surface area (Å²) >= 11 is 0. The first-order chi connectivity index (χ1) is 12.4. The number of carboxylic acids is 1. The van der Waals surface area contributed by atoms with Crippen molar-refractivity contribution < 1.29 is 23.1 Å². The van der Waals surface area contributed by atoms with Crippen LogP contribution in [0.15, 0.2) is 53.5 Å². The van der Waals surface area contributed by atoms with Crippen LogP contribution in [0.3, 0.4) is 0 Å². The number of nitrogens with zero attached hydrogens (tertiary/aromatic N) is 3. The average molecular weight is 361 g/mol. The molecule has 0 saturated carbocycles.